The Hall–Kier alpha value is -1.02. The van der Waals surface area contributed by atoms with Crippen molar-refractivity contribution in [2.24, 2.45) is 5.92 Å². The zero-order valence-electron chi connectivity index (χ0n) is 11.7. The van der Waals surface area contributed by atoms with Gasteiger partial charge in [0.2, 0.25) is 0 Å². The van der Waals surface area contributed by atoms with Crippen LogP contribution in [0.1, 0.15) is 55.7 Å². The van der Waals surface area contributed by atoms with Crippen molar-refractivity contribution in [2.75, 3.05) is 13.7 Å². The molecular formula is C17H23NO. The van der Waals surface area contributed by atoms with Crippen LogP contribution in [0, 0.1) is 5.92 Å². The Morgan fingerprint density at radius 1 is 1.21 bits per heavy atom. The van der Waals surface area contributed by atoms with Gasteiger partial charge in [-0.15, -0.1) is 0 Å². The summed E-state index contributed by atoms with van der Waals surface area (Å²) in [7, 11) is 1.78. The summed E-state index contributed by atoms with van der Waals surface area (Å²) >= 11 is 0. The topological polar surface area (TPSA) is 21.3 Å². The molecule has 102 valence electrons. The van der Waals surface area contributed by atoms with Crippen molar-refractivity contribution in [3.8, 4) is 5.75 Å². The zero-order chi connectivity index (χ0) is 12.9. The molecule has 0 aromatic heterocycles. The molecule has 1 atom stereocenters. The molecule has 2 fully saturated rings. The quantitative estimate of drug-likeness (QED) is 0.874. The van der Waals surface area contributed by atoms with Gasteiger partial charge < -0.3 is 10.1 Å². The van der Waals surface area contributed by atoms with Crippen molar-refractivity contribution in [2.45, 2.75) is 50.0 Å². The Morgan fingerprint density at radius 2 is 2.00 bits per heavy atom. The van der Waals surface area contributed by atoms with Gasteiger partial charge in [-0.3, -0.25) is 0 Å². The lowest BCUT2D eigenvalue weighted by molar-refractivity contribution is 0.320. The molecule has 2 heteroatoms. The van der Waals surface area contributed by atoms with Gasteiger partial charge in [0.15, 0.2) is 0 Å². The predicted octanol–water partition coefficient (Wildman–Crippen LogP) is 3.56. The van der Waals surface area contributed by atoms with Crippen LogP contribution in [0.25, 0.3) is 0 Å². The van der Waals surface area contributed by atoms with Gasteiger partial charge in [0, 0.05) is 18.0 Å². The summed E-state index contributed by atoms with van der Waals surface area (Å²) in [6.45, 7) is 1.17. The number of hydrogen-bond acceptors (Lipinski definition) is 2. The van der Waals surface area contributed by atoms with Gasteiger partial charge in [0.1, 0.15) is 5.75 Å². The van der Waals surface area contributed by atoms with E-state index in [1.165, 1.54) is 45.1 Å². The van der Waals surface area contributed by atoms with Crippen molar-refractivity contribution in [1.82, 2.24) is 5.32 Å². The van der Waals surface area contributed by atoms with Crippen LogP contribution in [-0.4, -0.2) is 13.7 Å². The third-order valence-corrected chi connectivity index (χ3v) is 5.48. The van der Waals surface area contributed by atoms with Crippen molar-refractivity contribution < 1.29 is 4.74 Å². The fraction of sp³-hybridized carbons (Fsp3) is 0.647. The molecule has 1 spiro atoms. The lowest BCUT2D eigenvalue weighted by Gasteiger charge is -2.41. The second-order valence-electron chi connectivity index (χ2n) is 6.64. The highest BCUT2D eigenvalue weighted by Gasteiger charge is 2.45. The standard InChI is InChI=1S/C17H23NO/c1-19-13-6-7-14-15(10-13)17(8-2-3-9-17)11-18-16(14)12-4-5-12/h6-7,10,12,16,18H,2-5,8-9,11H2,1H3. The molecule has 19 heavy (non-hydrogen) atoms. The molecule has 0 radical (unpaired) electrons. The lowest BCUT2D eigenvalue weighted by atomic mass is 9.72. The summed E-state index contributed by atoms with van der Waals surface area (Å²) < 4.78 is 5.47. The van der Waals surface area contributed by atoms with E-state index in [0.717, 1.165) is 11.7 Å². The van der Waals surface area contributed by atoms with Crippen LogP contribution in [0.2, 0.25) is 0 Å². The Balaban J connectivity index is 1.81. The van der Waals surface area contributed by atoms with Gasteiger partial charge in [-0.05, 0) is 54.9 Å². The lowest BCUT2D eigenvalue weighted by Crippen LogP contribution is -2.44. The van der Waals surface area contributed by atoms with Gasteiger partial charge >= 0.3 is 0 Å². The average Bonchev–Trinajstić information content (AvgIpc) is 3.19. The van der Waals surface area contributed by atoms with Crippen molar-refractivity contribution in [3.05, 3.63) is 29.3 Å². The smallest absolute Gasteiger partial charge is 0.119 e. The molecule has 1 aromatic rings. The monoisotopic (exact) mass is 257 g/mol. The Bertz CT molecular complexity index is 486. The first-order chi connectivity index (χ1) is 9.32. The van der Waals surface area contributed by atoms with Crippen LogP contribution >= 0.6 is 0 Å². The summed E-state index contributed by atoms with van der Waals surface area (Å²) in [4.78, 5) is 0. The highest BCUT2D eigenvalue weighted by atomic mass is 16.5. The normalized spacial score (nSPS) is 28.4. The molecule has 1 aromatic carbocycles. The third kappa shape index (κ3) is 1.80. The number of benzene rings is 1. The second kappa shape index (κ2) is 4.24. The van der Waals surface area contributed by atoms with Gasteiger partial charge in [0.05, 0.1) is 7.11 Å². The maximum absolute atomic E-state index is 5.47. The van der Waals surface area contributed by atoms with E-state index in [9.17, 15) is 0 Å². The van der Waals surface area contributed by atoms with Gasteiger partial charge in [-0.25, -0.2) is 0 Å². The molecule has 0 bridgehead atoms. The van der Waals surface area contributed by atoms with Crippen LogP contribution in [0.15, 0.2) is 18.2 Å². The minimum Gasteiger partial charge on any atom is -0.497 e. The molecule has 2 saturated carbocycles. The second-order valence-corrected chi connectivity index (χ2v) is 6.64. The zero-order valence-corrected chi connectivity index (χ0v) is 11.7. The van der Waals surface area contributed by atoms with E-state index >= 15 is 0 Å². The molecule has 0 saturated heterocycles. The SMILES string of the molecule is COc1ccc2c(c1)C1(CCCC1)CNC2C1CC1. The van der Waals surface area contributed by atoms with Crippen molar-refractivity contribution in [1.29, 1.82) is 0 Å². The highest BCUT2D eigenvalue weighted by Crippen LogP contribution is 2.51. The van der Waals surface area contributed by atoms with E-state index in [1.807, 2.05) is 0 Å². The van der Waals surface area contributed by atoms with Crippen molar-refractivity contribution in [3.63, 3.8) is 0 Å². The summed E-state index contributed by atoms with van der Waals surface area (Å²) in [6, 6.07) is 7.40. The van der Waals surface area contributed by atoms with Crippen molar-refractivity contribution >= 4 is 0 Å². The Labute approximate surface area is 115 Å². The molecular weight excluding hydrogens is 234 g/mol. The maximum atomic E-state index is 5.47. The minimum atomic E-state index is 0.398. The highest BCUT2D eigenvalue weighted by molar-refractivity contribution is 5.45. The van der Waals surface area contributed by atoms with Crippen LogP contribution in [0.5, 0.6) is 5.75 Å². The summed E-state index contributed by atoms with van der Waals surface area (Å²) in [5.74, 6) is 1.91. The molecule has 1 unspecified atom stereocenters. The van der Waals surface area contributed by atoms with Gasteiger partial charge in [-0.2, -0.15) is 0 Å². The molecule has 1 N–H and O–H groups in total. The van der Waals surface area contributed by atoms with Gasteiger partial charge in [0.25, 0.3) is 0 Å². The average molecular weight is 257 g/mol. The fourth-order valence-electron chi connectivity index (χ4n) is 4.25. The predicted molar refractivity (Wildman–Crippen MR) is 76.6 cm³/mol. The van der Waals surface area contributed by atoms with E-state index < -0.39 is 0 Å². The minimum absolute atomic E-state index is 0.398. The summed E-state index contributed by atoms with van der Waals surface area (Å²) in [5.41, 5.74) is 3.56. The van der Waals surface area contributed by atoms with Gasteiger partial charge in [-0.1, -0.05) is 18.9 Å². The number of fused-ring (bicyclic) bond motifs is 2. The molecule has 2 nitrogen and oxygen atoms in total. The number of nitrogens with one attached hydrogen (secondary N) is 1. The first-order valence-corrected chi connectivity index (χ1v) is 7.74. The maximum Gasteiger partial charge on any atom is 0.119 e. The largest absolute Gasteiger partial charge is 0.497 e. The first kappa shape index (κ1) is 11.8. The van der Waals surface area contributed by atoms with E-state index in [-0.39, 0.29) is 0 Å². The molecule has 1 aliphatic heterocycles. The molecule has 1 heterocycles. The van der Waals surface area contributed by atoms with E-state index in [2.05, 4.69) is 23.5 Å². The van der Waals surface area contributed by atoms with Crippen LogP contribution in [-0.2, 0) is 5.41 Å². The molecule has 0 amide bonds. The van der Waals surface area contributed by atoms with E-state index in [4.69, 9.17) is 4.74 Å². The summed E-state index contributed by atoms with van der Waals surface area (Å²) in [6.07, 6.45) is 8.25. The fourth-order valence-corrected chi connectivity index (χ4v) is 4.25. The summed E-state index contributed by atoms with van der Waals surface area (Å²) in [5, 5.41) is 3.87. The number of rotatable bonds is 2. The molecule has 2 aliphatic carbocycles. The number of hydrogen-bond donors (Lipinski definition) is 1. The Kier molecular flexibility index (Phi) is 2.63. The van der Waals surface area contributed by atoms with Crippen LogP contribution in [0.3, 0.4) is 0 Å². The van der Waals surface area contributed by atoms with E-state index in [0.29, 0.717) is 11.5 Å². The Morgan fingerprint density at radius 3 is 2.68 bits per heavy atom. The molecule has 4 rings (SSSR count). The number of methoxy groups -OCH3 is 1. The third-order valence-electron chi connectivity index (χ3n) is 5.48. The molecule has 3 aliphatic rings. The number of ether oxygens (including phenoxy) is 1. The van der Waals surface area contributed by atoms with Crippen LogP contribution in [0.4, 0.5) is 0 Å². The van der Waals surface area contributed by atoms with Crippen LogP contribution < -0.4 is 10.1 Å². The van der Waals surface area contributed by atoms with E-state index in [1.54, 1.807) is 18.2 Å². The first-order valence-electron chi connectivity index (χ1n) is 7.74.